The lowest BCUT2D eigenvalue weighted by atomic mass is 9.88. The van der Waals surface area contributed by atoms with Crippen LogP contribution in [-0.4, -0.2) is 17.2 Å². The highest BCUT2D eigenvalue weighted by atomic mass is 16.2. The van der Waals surface area contributed by atoms with Gasteiger partial charge in [-0.2, -0.15) is 0 Å². The van der Waals surface area contributed by atoms with E-state index in [9.17, 15) is 9.59 Å². The third kappa shape index (κ3) is 3.37. The van der Waals surface area contributed by atoms with E-state index in [2.05, 4.69) is 5.32 Å². The lowest BCUT2D eigenvalue weighted by Crippen LogP contribution is -2.51. The van der Waals surface area contributed by atoms with Gasteiger partial charge in [-0.1, -0.05) is 55.5 Å². The Bertz CT molecular complexity index is 622. The Morgan fingerprint density at radius 1 is 0.905 bits per heavy atom. The molecular weight excluding hydrogens is 262 g/mol. The minimum Gasteiger partial charge on any atom is -0.339 e. The summed E-state index contributed by atoms with van der Waals surface area (Å²) >= 11 is 0. The van der Waals surface area contributed by atoms with Gasteiger partial charge in [0.25, 0.3) is 5.91 Å². The summed E-state index contributed by atoms with van der Waals surface area (Å²) in [6.45, 7) is 3.66. The lowest BCUT2D eigenvalue weighted by Gasteiger charge is -2.28. The fraction of sp³-hybridized carbons (Fsp3) is 0.222. The molecular formula is C18H19NO2. The van der Waals surface area contributed by atoms with E-state index in [1.54, 1.807) is 43.3 Å². The first-order chi connectivity index (χ1) is 10.1. The van der Waals surface area contributed by atoms with Crippen molar-refractivity contribution in [3.05, 3.63) is 71.8 Å². The van der Waals surface area contributed by atoms with Crippen LogP contribution < -0.4 is 5.32 Å². The van der Waals surface area contributed by atoms with Crippen LogP contribution in [0.25, 0.3) is 0 Å². The van der Waals surface area contributed by atoms with Gasteiger partial charge in [-0.25, -0.2) is 0 Å². The molecule has 0 spiro atoms. The van der Waals surface area contributed by atoms with Crippen LogP contribution in [0, 0.1) is 0 Å². The smallest absolute Gasteiger partial charge is 0.252 e. The highest BCUT2D eigenvalue weighted by molar-refractivity contribution is 6.06. The van der Waals surface area contributed by atoms with Crippen molar-refractivity contribution in [1.82, 2.24) is 5.32 Å². The number of hydrogen-bond donors (Lipinski definition) is 1. The summed E-state index contributed by atoms with van der Waals surface area (Å²) in [6, 6.07) is 18.0. The Morgan fingerprint density at radius 2 is 1.38 bits per heavy atom. The van der Waals surface area contributed by atoms with Crippen molar-refractivity contribution in [3.63, 3.8) is 0 Å². The maximum absolute atomic E-state index is 12.6. The van der Waals surface area contributed by atoms with Gasteiger partial charge in [0.05, 0.1) is 0 Å². The maximum atomic E-state index is 12.6. The van der Waals surface area contributed by atoms with Crippen molar-refractivity contribution in [2.24, 2.45) is 0 Å². The molecule has 0 fully saturated rings. The highest BCUT2D eigenvalue weighted by Gasteiger charge is 2.33. The van der Waals surface area contributed by atoms with E-state index >= 15 is 0 Å². The van der Waals surface area contributed by atoms with E-state index in [0.29, 0.717) is 17.5 Å². The van der Waals surface area contributed by atoms with Crippen LogP contribution in [0.2, 0.25) is 0 Å². The van der Waals surface area contributed by atoms with E-state index in [1.165, 1.54) is 0 Å². The molecule has 108 valence electrons. The number of hydrogen-bond acceptors (Lipinski definition) is 2. The van der Waals surface area contributed by atoms with Gasteiger partial charge in [-0.3, -0.25) is 9.59 Å². The summed E-state index contributed by atoms with van der Waals surface area (Å²) < 4.78 is 0. The number of nitrogens with one attached hydrogen (secondary N) is 1. The number of ketones is 1. The standard InChI is InChI=1S/C18H19NO2/c1-3-18(2,16(20)14-10-6-4-7-11-14)19-17(21)15-12-8-5-9-13-15/h4-13H,3H2,1-2H3,(H,19,21)/t18-/m1/s1. The average molecular weight is 281 g/mol. The summed E-state index contributed by atoms with van der Waals surface area (Å²) in [5, 5.41) is 2.87. The van der Waals surface area contributed by atoms with Gasteiger partial charge in [0, 0.05) is 11.1 Å². The fourth-order valence-corrected chi connectivity index (χ4v) is 2.13. The summed E-state index contributed by atoms with van der Waals surface area (Å²) in [5.74, 6) is -0.306. The van der Waals surface area contributed by atoms with E-state index in [0.717, 1.165) is 0 Å². The van der Waals surface area contributed by atoms with Crippen LogP contribution in [0.3, 0.4) is 0 Å². The first-order valence-corrected chi connectivity index (χ1v) is 7.04. The number of amides is 1. The molecule has 3 nitrogen and oxygen atoms in total. The molecule has 0 unspecified atom stereocenters. The molecule has 1 N–H and O–H groups in total. The molecule has 2 aromatic carbocycles. The SMILES string of the molecule is CC[C@@](C)(NC(=O)c1ccccc1)C(=O)c1ccccc1. The molecule has 21 heavy (non-hydrogen) atoms. The van der Waals surface area contributed by atoms with Gasteiger partial charge in [0.1, 0.15) is 5.54 Å². The van der Waals surface area contributed by atoms with Gasteiger partial charge in [-0.05, 0) is 25.5 Å². The van der Waals surface area contributed by atoms with Crippen LogP contribution >= 0.6 is 0 Å². The van der Waals surface area contributed by atoms with E-state index in [-0.39, 0.29) is 11.7 Å². The summed E-state index contributed by atoms with van der Waals surface area (Å²) in [7, 11) is 0. The molecule has 1 atom stereocenters. The van der Waals surface area contributed by atoms with Crippen molar-refractivity contribution < 1.29 is 9.59 Å². The number of benzene rings is 2. The van der Waals surface area contributed by atoms with Crippen LogP contribution in [0.1, 0.15) is 41.0 Å². The normalized spacial score (nSPS) is 13.2. The van der Waals surface area contributed by atoms with Crippen molar-refractivity contribution >= 4 is 11.7 Å². The van der Waals surface area contributed by atoms with E-state index in [4.69, 9.17) is 0 Å². The minimum absolute atomic E-state index is 0.0742. The lowest BCUT2D eigenvalue weighted by molar-refractivity contribution is 0.0777. The minimum atomic E-state index is -0.908. The Kier molecular flexibility index (Phi) is 4.53. The zero-order valence-corrected chi connectivity index (χ0v) is 12.3. The Hall–Kier alpha value is -2.42. The quantitative estimate of drug-likeness (QED) is 0.853. The molecule has 0 radical (unpaired) electrons. The molecule has 0 aromatic heterocycles. The molecule has 2 rings (SSSR count). The molecule has 0 aliphatic rings. The van der Waals surface area contributed by atoms with Crippen molar-refractivity contribution in [3.8, 4) is 0 Å². The molecule has 0 saturated heterocycles. The average Bonchev–Trinajstić information content (AvgIpc) is 2.55. The van der Waals surface area contributed by atoms with Crippen LogP contribution in [0.15, 0.2) is 60.7 Å². The fourth-order valence-electron chi connectivity index (χ4n) is 2.13. The van der Waals surface area contributed by atoms with Gasteiger partial charge in [-0.15, -0.1) is 0 Å². The number of carbonyl (C=O) groups excluding carboxylic acids is 2. The van der Waals surface area contributed by atoms with Crippen molar-refractivity contribution in [1.29, 1.82) is 0 Å². The Labute approximate surface area is 125 Å². The second-order valence-corrected chi connectivity index (χ2v) is 5.20. The molecule has 0 bridgehead atoms. The summed E-state index contributed by atoms with van der Waals surface area (Å²) in [5.41, 5.74) is 0.252. The van der Waals surface area contributed by atoms with Crippen LogP contribution in [0.5, 0.6) is 0 Å². The van der Waals surface area contributed by atoms with Gasteiger partial charge in [0.15, 0.2) is 5.78 Å². The number of carbonyl (C=O) groups is 2. The molecule has 2 aromatic rings. The predicted molar refractivity (Wildman–Crippen MR) is 83.4 cm³/mol. The first kappa shape index (κ1) is 15.0. The monoisotopic (exact) mass is 281 g/mol. The van der Waals surface area contributed by atoms with Crippen molar-refractivity contribution in [2.45, 2.75) is 25.8 Å². The predicted octanol–water partition coefficient (Wildman–Crippen LogP) is 3.47. The largest absolute Gasteiger partial charge is 0.339 e. The Balaban J connectivity index is 2.22. The zero-order chi connectivity index (χ0) is 15.3. The second kappa shape index (κ2) is 6.35. The van der Waals surface area contributed by atoms with E-state index in [1.807, 2.05) is 31.2 Å². The first-order valence-electron chi connectivity index (χ1n) is 7.04. The molecule has 0 heterocycles. The summed E-state index contributed by atoms with van der Waals surface area (Å²) in [4.78, 5) is 24.9. The topological polar surface area (TPSA) is 46.2 Å². The number of Topliss-reactive ketones (excluding diaryl/α,β-unsaturated/α-hetero) is 1. The molecule has 1 amide bonds. The third-order valence-corrected chi connectivity index (χ3v) is 3.67. The van der Waals surface area contributed by atoms with Gasteiger partial charge < -0.3 is 5.32 Å². The highest BCUT2D eigenvalue weighted by Crippen LogP contribution is 2.18. The number of rotatable bonds is 5. The third-order valence-electron chi connectivity index (χ3n) is 3.67. The van der Waals surface area contributed by atoms with Crippen molar-refractivity contribution in [2.75, 3.05) is 0 Å². The molecule has 0 saturated carbocycles. The van der Waals surface area contributed by atoms with Crippen LogP contribution in [0.4, 0.5) is 0 Å². The second-order valence-electron chi connectivity index (χ2n) is 5.20. The maximum Gasteiger partial charge on any atom is 0.252 e. The van der Waals surface area contributed by atoms with E-state index < -0.39 is 5.54 Å². The van der Waals surface area contributed by atoms with Gasteiger partial charge in [0.2, 0.25) is 0 Å². The van der Waals surface area contributed by atoms with Crippen LogP contribution in [-0.2, 0) is 0 Å². The Morgan fingerprint density at radius 3 is 1.86 bits per heavy atom. The molecule has 0 aliphatic heterocycles. The summed E-state index contributed by atoms with van der Waals surface area (Å²) in [6.07, 6.45) is 0.527. The molecule has 3 heteroatoms. The van der Waals surface area contributed by atoms with Gasteiger partial charge >= 0.3 is 0 Å². The zero-order valence-electron chi connectivity index (χ0n) is 12.3. The molecule has 0 aliphatic carbocycles.